The molecular weight excluding hydrogens is 266 g/mol. The number of carbonyl (C=O) groups is 1. The number of phenols is 2. The third kappa shape index (κ3) is 2.98. The molecule has 98 valence electrons. The second-order valence-corrected chi connectivity index (χ2v) is 4.55. The summed E-state index contributed by atoms with van der Waals surface area (Å²) in [5.74, 6) is -0.543. The molecule has 19 heavy (non-hydrogen) atoms. The van der Waals surface area contributed by atoms with Crippen molar-refractivity contribution in [3.8, 4) is 11.5 Å². The lowest BCUT2D eigenvalue weighted by Gasteiger charge is -2.09. The maximum atomic E-state index is 12.0. The molecule has 0 unspecified atom stereocenters. The molecule has 4 nitrogen and oxygen atoms in total. The van der Waals surface area contributed by atoms with E-state index in [2.05, 4.69) is 5.32 Å². The quantitative estimate of drug-likeness (QED) is 0.738. The molecule has 0 atom stereocenters. The van der Waals surface area contributed by atoms with E-state index in [-0.39, 0.29) is 22.1 Å². The van der Waals surface area contributed by atoms with Crippen LogP contribution < -0.4 is 5.32 Å². The van der Waals surface area contributed by atoms with Gasteiger partial charge in [-0.1, -0.05) is 17.7 Å². The van der Waals surface area contributed by atoms with E-state index >= 15 is 0 Å². The van der Waals surface area contributed by atoms with Gasteiger partial charge in [0.25, 0.3) is 5.91 Å². The number of rotatable bonds is 2. The summed E-state index contributed by atoms with van der Waals surface area (Å²) in [6.07, 6.45) is 0. The minimum Gasteiger partial charge on any atom is -0.508 e. The van der Waals surface area contributed by atoms with Crippen LogP contribution in [0.5, 0.6) is 11.5 Å². The number of amides is 1. The average Bonchev–Trinajstić information content (AvgIpc) is 2.32. The van der Waals surface area contributed by atoms with Gasteiger partial charge in [-0.05, 0) is 36.8 Å². The van der Waals surface area contributed by atoms with Crippen molar-refractivity contribution < 1.29 is 15.0 Å². The van der Waals surface area contributed by atoms with Crippen molar-refractivity contribution in [1.82, 2.24) is 0 Å². The van der Waals surface area contributed by atoms with Gasteiger partial charge in [0.1, 0.15) is 11.5 Å². The van der Waals surface area contributed by atoms with Crippen LogP contribution in [0.4, 0.5) is 5.69 Å². The fourth-order valence-electron chi connectivity index (χ4n) is 1.63. The second kappa shape index (κ2) is 5.20. The number of hydrogen-bond acceptors (Lipinski definition) is 3. The molecule has 0 aliphatic heterocycles. The van der Waals surface area contributed by atoms with Crippen LogP contribution in [-0.2, 0) is 0 Å². The summed E-state index contributed by atoms with van der Waals surface area (Å²) in [4.78, 5) is 12.0. The van der Waals surface area contributed by atoms with Crippen LogP contribution in [0.25, 0.3) is 0 Å². The van der Waals surface area contributed by atoms with Crippen LogP contribution >= 0.6 is 11.6 Å². The van der Waals surface area contributed by atoms with Crippen molar-refractivity contribution >= 4 is 23.2 Å². The summed E-state index contributed by atoms with van der Waals surface area (Å²) >= 11 is 5.89. The van der Waals surface area contributed by atoms with E-state index in [4.69, 9.17) is 11.6 Å². The fraction of sp³-hybridized carbons (Fsp3) is 0.0714. The minimum atomic E-state index is -0.468. The predicted octanol–water partition coefficient (Wildman–Crippen LogP) is 3.31. The molecule has 0 radical (unpaired) electrons. The van der Waals surface area contributed by atoms with E-state index in [1.165, 1.54) is 30.3 Å². The molecule has 0 fully saturated rings. The number of aryl methyl sites for hydroxylation is 1. The summed E-state index contributed by atoms with van der Waals surface area (Å²) in [5, 5.41) is 21.7. The van der Waals surface area contributed by atoms with Crippen molar-refractivity contribution in [2.75, 3.05) is 5.32 Å². The van der Waals surface area contributed by atoms with Gasteiger partial charge in [0.2, 0.25) is 0 Å². The summed E-state index contributed by atoms with van der Waals surface area (Å²) < 4.78 is 0. The molecular formula is C14H12ClNO3. The monoisotopic (exact) mass is 277 g/mol. The smallest absolute Gasteiger partial charge is 0.259 e. The van der Waals surface area contributed by atoms with Crippen LogP contribution in [0.15, 0.2) is 36.4 Å². The number of hydrogen-bond donors (Lipinski definition) is 3. The normalized spacial score (nSPS) is 10.2. The highest BCUT2D eigenvalue weighted by molar-refractivity contribution is 6.34. The van der Waals surface area contributed by atoms with Gasteiger partial charge in [-0.15, -0.1) is 0 Å². The van der Waals surface area contributed by atoms with E-state index < -0.39 is 5.91 Å². The van der Waals surface area contributed by atoms with Gasteiger partial charge in [-0.2, -0.15) is 0 Å². The number of aromatic hydroxyl groups is 2. The number of benzene rings is 2. The van der Waals surface area contributed by atoms with E-state index in [0.29, 0.717) is 5.69 Å². The minimum absolute atomic E-state index is 0.0150. The Hall–Kier alpha value is -2.20. The van der Waals surface area contributed by atoms with Gasteiger partial charge >= 0.3 is 0 Å². The van der Waals surface area contributed by atoms with E-state index in [1.54, 1.807) is 6.07 Å². The van der Waals surface area contributed by atoms with Crippen molar-refractivity contribution in [3.63, 3.8) is 0 Å². The van der Waals surface area contributed by atoms with Crippen LogP contribution in [-0.4, -0.2) is 16.1 Å². The first-order chi connectivity index (χ1) is 8.97. The van der Waals surface area contributed by atoms with Crippen LogP contribution in [0.2, 0.25) is 5.02 Å². The summed E-state index contributed by atoms with van der Waals surface area (Å²) in [5.41, 5.74) is 1.39. The predicted molar refractivity (Wildman–Crippen MR) is 73.9 cm³/mol. The molecule has 0 aliphatic carbocycles. The number of halogens is 1. The van der Waals surface area contributed by atoms with Gasteiger partial charge in [0.15, 0.2) is 0 Å². The molecule has 0 bridgehead atoms. The Bertz CT molecular complexity index is 641. The fourth-order valence-corrected chi connectivity index (χ4v) is 1.85. The van der Waals surface area contributed by atoms with Gasteiger partial charge in [-0.3, -0.25) is 4.79 Å². The van der Waals surface area contributed by atoms with Crippen LogP contribution in [0, 0.1) is 6.92 Å². The maximum Gasteiger partial charge on any atom is 0.259 e. The van der Waals surface area contributed by atoms with Crippen molar-refractivity contribution in [1.29, 1.82) is 0 Å². The topological polar surface area (TPSA) is 69.6 Å². The molecule has 2 rings (SSSR count). The maximum absolute atomic E-state index is 12.0. The number of phenolic OH excluding ortho intramolecular Hbond substituents is 2. The van der Waals surface area contributed by atoms with E-state index in [0.717, 1.165) is 5.56 Å². The molecule has 3 N–H and O–H groups in total. The SMILES string of the molecule is Cc1ccc(C(=O)Nc2ccc(O)cc2Cl)c(O)c1. The van der Waals surface area contributed by atoms with Gasteiger partial charge in [-0.25, -0.2) is 0 Å². The summed E-state index contributed by atoms with van der Waals surface area (Å²) in [7, 11) is 0. The Morgan fingerprint density at radius 3 is 2.53 bits per heavy atom. The highest BCUT2D eigenvalue weighted by Crippen LogP contribution is 2.27. The largest absolute Gasteiger partial charge is 0.508 e. The molecule has 0 saturated heterocycles. The summed E-state index contributed by atoms with van der Waals surface area (Å²) in [6.45, 7) is 1.82. The van der Waals surface area contributed by atoms with Crippen LogP contribution in [0.3, 0.4) is 0 Å². The van der Waals surface area contributed by atoms with Gasteiger partial charge in [0, 0.05) is 6.07 Å². The Balaban J connectivity index is 2.25. The van der Waals surface area contributed by atoms with Crippen LogP contribution in [0.1, 0.15) is 15.9 Å². The molecule has 0 heterocycles. The standard InChI is InChI=1S/C14H12ClNO3/c1-8-2-4-10(13(18)6-8)14(19)16-12-5-3-9(17)7-11(12)15/h2-7,17-18H,1H3,(H,16,19). The highest BCUT2D eigenvalue weighted by Gasteiger charge is 2.12. The first kappa shape index (κ1) is 13.2. The number of carbonyl (C=O) groups excluding carboxylic acids is 1. The van der Waals surface area contributed by atoms with E-state index in [1.807, 2.05) is 6.92 Å². The zero-order valence-electron chi connectivity index (χ0n) is 10.1. The lowest BCUT2D eigenvalue weighted by atomic mass is 10.1. The molecule has 2 aromatic rings. The Morgan fingerprint density at radius 2 is 1.89 bits per heavy atom. The van der Waals surface area contributed by atoms with Gasteiger partial charge < -0.3 is 15.5 Å². The zero-order valence-corrected chi connectivity index (χ0v) is 10.9. The van der Waals surface area contributed by atoms with Crippen molar-refractivity contribution in [2.24, 2.45) is 0 Å². The zero-order chi connectivity index (χ0) is 14.0. The van der Waals surface area contributed by atoms with E-state index in [9.17, 15) is 15.0 Å². The first-order valence-electron chi connectivity index (χ1n) is 5.57. The lowest BCUT2D eigenvalue weighted by molar-refractivity contribution is 0.102. The lowest BCUT2D eigenvalue weighted by Crippen LogP contribution is -2.12. The molecule has 0 aliphatic rings. The molecule has 1 amide bonds. The van der Waals surface area contributed by atoms with Crippen molar-refractivity contribution in [2.45, 2.75) is 6.92 Å². The third-order valence-corrected chi connectivity index (χ3v) is 2.91. The number of nitrogens with one attached hydrogen (secondary N) is 1. The average molecular weight is 278 g/mol. The molecule has 0 aromatic heterocycles. The summed E-state index contributed by atoms with van der Waals surface area (Å²) in [6, 6.07) is 9.00. The first-order valence-corrected chi connectivity index (χ1v) is 5.94. The molecule has 0 saturated carbocycles. The molecule has 2 aromatic carbocycles. The number of anilines is 1. The Kier molecular flexibility index (Phi) is 3.62. The molecule has 5 heteroatoms. The highest BCUT2D eigenvalue weighted by atomic mass is 35.5. The van der Waals surface area contributed by atoms with Crippen molar-refractivity contribution in [3.05, 3.63) is 52.5 Å². The second-order valence-electron chi connectivity index (χ2n) is 4.14. The Morgan fingerprint density at radius 1 is 1.16 bits per heavy atom. The molecule has 0 spiro atoms. The Labute approximate surface area is 115 Å². The third-order valence-electron chi connectivity index (χ3n) is 2.60. The van der Waals surface area contributed by atoms with Gasteiger partial charge in [0.05, 0.1) is 16.3 Å².